The van der Waals surface area contributed by atoms with E-state index in [0.29, 0.717) is 11.3 Å². The molecule has 0 saturated carbocycles. The van der Waals surface area contributed by atoms with Gasteiger partial charge in [0, 0.05) is 17.5 Å². The van der Waals surface area contributed by atoms with Gasteiger partial charge < -0.3 is 9.15 Å². The van der Waals surface area contributed by atoms with Crippen LogP contribution in [0.3, 0.4) is 0 Å². The zero-order chi connectivity index (χ0) is 14.8. The summed E-state index contributed by atoms with van der Waals surface area (Å²) in [5.74, 6) is 0.353. The minimum absolute atomic E-state index is 0.0301. The summed E-state index contributed by atoms with van der Waals surface area (Å²) >= 11 is 0. The van der Waals surface area contributed by atoms with Crippen LogP contribution >= 0.6 is 0 Å². The van der Waals surface area contributed by atoms with E-state index in [4.69, 9.17) is 9.15 Å². The summed E-state index contributed by atoms with van der Waals surface area (Å²) < 4.78 is 10.6. The molecule has 0 radical (unpaired) electrons. The summed E-state index contributed by atoms with van der Waals surface area (Å²) in [7, 11) is 0. The molecule has 6 nitrogen and oxygen atoms in total. The Morgan fingerprint density at radius 1 is 1.05 bits per heavy atom. The van der Waals surface area contributed by atoms with Gasteiger partial charge in [0.25, 0.3) is 5.69 Å². The number of rotatable bonds is 3. The smallest absolute Gasteiger partial charge is 0.379 e. The highest BCUT2D eigenvalue weighted by atomic mass is 16.6. The predicted octanol–water partition coefficient (Wildman–Crippen LogP) is 3.49. The van der Waals surface area contributed by atoms with E-state index in [1.807, 2.05) is 6.07 Å². The Labute approximate surface area is 118 Å². The highest BCUT2D eigenvalue weighted by molar-refractivity contribution is 5.77. The van der Waals surface area contributed by atoms with Gasteiger partial charge in [-0.25, -0.2) is 4.79 Å². The van der Waals surface area contributed by atoms with Gasteiger partial charge in [0.05, 0.1) is 4.92 Å². The van der Waals surface area contributed by atoms with Crippen LogP contribution in [-0.4, -0.2) is 4.92 Å². The van der Waals surface area contributed by atoms with E-state index in [1.165, 1.54) is 24.3 Å². The number of para-hydroxylation sites is 1. The maximum Gasteiger partial charge on any atom is 0.379 e. The number of benzene rings is 2. The Kier molecular flexibility index (Phi) is 3.12. The Hall–Kier alpha value is -3.15. The molecule has 21 heavy (non-hydrogen) atoms. The van der Waals surface area contributed by atoms with Crippen LogP contribution in [0.25, 0.3) is 11.0 Å². The molecule has 0 N–H and O–H groups in total. The molecule has 1 heterocycles. The fourth-order valence-electron chi connectivity index (χ4n) is 1.88. The van der Waals surface area contributed by atoms with Gasteiger partial charge in [0.1, 0.15) is 11.3 Å². The number of nitro groups is 1. The number of ether oxygens (including phenoxy) is 1. The summed E-state index contributed by atoms with van der Waals surface area (Å²) in [6.07, 6.45) is 0. The fraction of sp³-hybridized carbons (Fsp3) is 0. The molecule has 0 fully saturated rings. The molecular formula is C15H9NO5. The lowest BCUT2D eigenvalue weighted by Gasteiger charge is -2.04. The first-order valence-electron chi connectivity index (χ1n) is 6.09. The monoisotopic (exact) mass is 283 g/mol. The Balaban J connectivity index is 1.95. The molecule has 0 atom stereocenters. The summed E-state index contributed by atoms with van der Waals surface area (Å²) in [5, 5.41) is 11.3. The number of nitrogens with zero attached hydrogens (tertiary/aromatic N) is 1. The minimum Gasteiger partial charge on any atom is -0.450 e. The SMILES string of the molecule is O=c1oc2ccccc2cc1Oc1ccc([N+](=O)[O-])cc1. The quantitative estimate of drug-likeness (QED) is 0.417. The Morgan fingerprint density at radius 2 is 1.76 bits per heavy atom. The van der Waals surface area contributed by atoms with Gasteiger partial charge in [-0.1, -0.05) is 18.2 Å². The van der Waals surface area contributed by atoms with Crippen molar-refractivity contribution >= 4 is 16.7 Å². The van der Waals surface area contributed by atoms with E-state index in [9.17, 15) is 14.9 Å². The van der Waals surface area contributed by atoms with Crippen LogP contribution in [0.4, 0.5) is 5.69 Å². The minimum atomic E-state index is -0.605. The van der Waals surface area contributed by atoms with Crippen molar-refractivity contribution in [2.45, 2.75) is 0 Å². The van der Waals surface area contributed by atoms with Crippen LogP contribution in [0.5, 0.6) is 11.5 Å². The lowest BCUT2D eigenvalue weighted by molar-refractivity contribution is -0.384. The van der Waals surface area contributed by atoms with Crippen LogP contribution in [0.15, 0.2) is 63.8 Å². The standard InChI is InChI=1S/C15H9NO5/c17-15-14(9-10-3-1-2-4-13(10)21-15)20-12-7-5-11(6-8-12)16(18)19/h1-9H. The summed E-state index contributed by atoms with van der Waals surface area (Å²) in [5.41, 5.74) is -0.182. The molecule has 6 heteroatoms. The average molecular weight is 283 g/mol. The lowest BCUT2D eigenvalue weighted by atomic mass is 10.2. The van der Waals surface area contributed by atoms with Crippen molar-refractivity contribution in [3.05, 3.63) is 75.1 Å². The summed E-state index contributed by atoms with van der Waals surface area (Å²) in [6.45, 7) is 0. The predicted molar refractivity (Wildman–Crippen MR) is 75.7 cm³/mol. The van der Waals surface area contributed by atoms with Crippen molar-refractivity contribution < 1.29 is 14.1 Å². The number of non-ortho nitro benzene ring substituents is 1. The maximum atomic E-state index is 11.8. The molecule has 0 saturated heterocycles. The highest BCUT2D eigenvalue weighted by Crippen LogP contribution is 2.24. The average Bonchev–Trinajstić information content (AvgIpc) is 2.48. The Bertz CT molecular complexity index is 867. The third kappa shape index (κ3) is 2.59. The molecule has 0 aliphatic rings. The molecule has 0 aliphatic carbocycles. The number of fused-ring (bicyclic) bond motifs is 1. The van der Waals surface area contributed by atoms with Crippen molar-refractivity contribution in [2.75, 3.05) is 0 Å². The van der Waals surface area contributed by atoms with Gasteiger partial charge in [0.2, 0.25) is 5.75 Å². The summed E-state index contributed by atoms with van der Waals surface area (Å²) in [6, 6.07) is 14.1. The van der Waals surface area contributed by atoms with Crippen LogP contribution in [0.1, 0.15) is 0 Å². The number of hydrogen-bond donors (Lipinski definition) is 0. The molecular weight excluding hydrogens is 274 g/mol. The second kappa shape index (κ2) is 5.09. The van der Waals surface area contributed by atoms with Crippen LogP contribution in [0.2, 0.25) is 0 Å². The van der Waals surface area contributed by atoms with Gasteiger partial charge in [-0.05, 0) is 24.3 Å². The van der Waals surface area contributed by atoms with Crippen molar-refractivity contribution in [3.8, 4) is 11.5 Å². The molecule has 1 aromatic heterocycles. The van der Waals surface area contributed by atoms with Gasteiger partial charge in [-0.2, -0.15) is 0 Å². The molecule has 0 bridgehead atoms. The Morgan fingerprint density at radius 3 is 2.48 bits per heavy atom. The molecule has 104 valence electrons. The van der Waals surface area contributed by atoms with E-state index in [1.54, 1.807) is 24.3 Å². The van der Waals surface area contributed by atoms with Gasteiger partial charge in [-0.15, -0.1) is 0 Å². The lowest BCUT2D eigenvalue weighted by Crippen LogP contribution is -2.02. The third-order valence-corrected chi connectivity index (χ3v) is 2.88. The van der Waals surface area contributed by atoms with E-state index in [2.05, 4.69) is 0 Å². The van der Waals surface area contributed by atoms with E-state index >= 15 is 0 Å². The molecule has 0 spiro atoms. The largest absolute Gasteiger partial charge is 0.450 e. The van der Waals surface area contributed by atoms with Crippen molar-refractivity contribution in [2.24, 2.45) is 0 Å². The van der Waals surface area contributed by atoms with Crippen molar-refractivity contribution in [1.82, 2.24) is 0 Å². The molecule has 2 aromatic carbocycles. The highest BCUT2D eigenvalue weighted by Gasteiger charge is 2.09. The first-order valence-corrected chi connectivity index (χ1v) is 6.09. The van der Waals surface area contributed by atoms with Gasteiger partial charge in [-0.3, -0.25) is 10.1 Å². The molecule has 3 rings (SSSR count). The zero-order valence-corrected chi connectivity index (χ0v) is 10.7. The van der Waals surface area contributed by atoms with Crippen molar-refractivity contribution in [1.29, 1.82) is 0 Å². The van der Waals surface area contributed by atoms with Crippen LogP contribution in [0, 0.1) is 10.1 Å². The molecule has 0 amide bonds. The van der Waals surface area contributed by atoms with Crippen LogP contribution in [-0.2, 0) is 0 Å². The molecule has 3 aromatic rings. The van der Waals surface area contributed by atoms with E-state index in [-0.39, 0.29) is 11.4 Å². The summed E-state index contributed by atoms with van der Waals surface area (Å²) in [4.78, 5) is 21.9. The van der Waals surface area contributed by atoms with E-state index in [0.717, 1.165) is 5.39 Å². The first-order chi connectivity index (χ1) is 10.1. The third-order valence-electron chi connectivity index (χ3n) is 2.88. The fourth-order valence-corrected chi connectivity index (χ4v) is 1.88. The topological polar surface area (TPSA) is 82.6 Å². The van der Waals surface area contributed by atoms with Crippen molar-refractivity contribution in [3.63, 3.8) is 0 Å². The maximum absolute atomic E-state index is 11.8. The number of hydrogen-bond acceptors (Lipinski definition) is 5. The molecule has 0 aliphatic heterocycles. The van der Waals surface area contributed by atoms with Crippen LogP contribution < -0.4 is 10.4 Å². The van der Waals surface area contributed by atoms with Gasteiger partial charge >= 0.3 is 5.63 Å². The van der Waals surface area contributed by atoms with E-state index < -0.39 is 10.5 Å². The molecule has 0 unspecified atom stereocenters. The normalized spacial score (nSPS) is 10.5. The second-order valence-electron chi connectivity index (χ2n) is 4.29. The zero-order valence-electron chi connectivity index (χ0n) is 10.7. The first kappa shape index (κ1) is 12.9. The number of nitro benzene ring substituents is 1. The van der Waals surface area contributed by atoms with Gasteiger partial charge in [0.15, 0.2) is 0 Å². The second-order valence-corrected chi connectivity index (χ2v) is 4.29.